The number of fused-ring (bicyclic) bond motifs is 6. The van der Waals surface area contributed by atoms with Gasteiger partial charge in [-0.3, -0.25) is 14.4 Å². The first kappa shape index (κ1) is 24.0. The zero-order valence-electron chi connectivity index (χ0n) is 20.3. The third kappa shape index (κ3) is 3.33. The topological polar surface area (TPSA) is 66.5 Å². The zero-order chi connectivity index (χ0) is 26.9. The first-order valence-electron chi connectivity index (χ1n) is 12.5. The Bertz CT molecular complexity index is 1700. The number of para-hydroxylation sites is 1. The molecule has 1 fully saturated rings. The van der Waals surface area contributed by atoms with Crippen LogP contribution in [0.2, 0.25) is 5.02 Å². The summed E-state index contributed by atoms with van der Waals surface area (Å²) in [5.41, 5.74) is 1.61. The van der Waals surface area contributed by atoms with Gasteiger partial charge in [-0.05, 0) is 71.1 Å². The van der Waals surface area contributed by atoms with E-state index in [1.807, 2.05) is 46.7 Å². The SMILES string of the molecule is O=C(c1cccs1)[C@@H]1[C@H](C(=O)c2ccc(F)cc2)[C@]2(C(=O)Nc3ccccc32)[C@@H]2C=Cc3cc(Cl)ccc3N12. The lowest BCUT2D eigenvalue weighted by Gasteiger charge is -2.37. The van der Waals surface area contributed by atoms with E-state index in [0.717, 1.165) is 5.56 Å². The Balaban J connectivity index is 1.54. The van der Waals surface area contributed by atoms with Crippen LogP contribution in [0, 0.1) is 11.7 Å². The van der Waals surface area contributed by atoms with Gasteiger partial charge >= 0.3 is 0 Å². The van der Waals surface area contributed by atoms with Gasteiger partial charge in [0.1, 0.15) is 17.3 Å². The quantitative estimate of drug-likeness (QED) is 0.297. The normalized spacial score (nSPS) is 24.3. The van der Waals surface area contributed by atoms with Crippen LogP contribution in [0.3, 0.4) is 0 Å². The third-order valence-electron chi connectivity index (χ3n) is 8.04. The molecule has 7 rings (SSSR count). The Morgan fingerprint density at radius 3 is 2.54 bits per heavy atom. The molecule has 8 heteroatoms. The first-order valence-corrected chi connectivity index (χ1v) is 13.7. The molecule has 0 radical (unpaired) electrons. The van der Waals surface area contributed by atoms with Gasteiger partial charge in [0.15, 0.2) is 11.6 Å². The molecule has 39 heavy (non-hydrogen) atoms. The molecule has 3 aliphatic rings. The molecule has 3 aliphatic heterocycles. The number of nitrogens with zero attached hydrogens (tertiary/aromatic N) is 1. The minimum Gasteiger partial charge on any atom is -0.352 e. The number of nitrogens with one attached hydrogen (secondary N) is 1. The highest BCUT2D eigenvalue weighted by atomic mass is 35.5. The highest BCUT2D eigenvalue weighted by Gasteiger charge is 2.70. The summed E-state index contributed by atoms with van der Waals surface area (Å²) in [6.45, 7) is 0. The Labute approximate surface area is 232 Å². The number of hydrogen-bond donors (Lipinski definition) is 1. The van der Waals surface area contributed by atoms with Crippen LogP contribution in [0.5, 0.6) is 0 Å². The molecule has 1 saturated heterocycles. The fourth-order valence-corrected chi connectivity index (χ4v) is 7.39. The van der Waals surface area contributed by atoms with Gasteiger partial charge in [-0.1, -0.05) is 48.0 Å². The number of benzene rings is 3. The second kappa shape index (κ2) is 8.73. The molecule has 0 saturated carbocycles. The van der Waals surface area contributed by atoms with Gasteiger partial charge < -0.3 is 10.2 Å². The number of halogens is 2. The lowest BCUT2D eigenvalue weighted by molar-refractivity contribution is -0.121. The molecule has 0 bridgehead atoms. The van der Waals surface area contributed by atoms with E-state index < -0.39 is 35.0 Å². The Kier molecular flexibility index (Phi) is 5.37. The van der Waals surface area contributed by atoms with Crippen molar-refractivity contribution in [2.75, 3.05) is 10.2 Å². The van der Waals surface area contributed by atoms with Crippen molar-refractivity contribution in [1.82, 2.24) is 0 Å². The summed E-state index contributed by atoms with van der Waals surface area (Å²) in [4.78, 5) is 45.5. The number of Topliss-reactive ketones (excluding diaryl/α,β-unsaturated/α-hetero) is 2. The van der Waals surface area contributed by atoms with Crippen LogP contribution in [0.25, 0.3) is 6.08 Å². The van der Waals surface area contributed by atoms with Crippen molar-refractivity contribution in [3.8, 4) is 0 Å². The predicted octanol–water partition coefficient (Wildman–Crippen LogP) is 6.40. The molecule has 4 atom stereocenters. The van der Waals surface area contributed by atoms with Crippen LogP contribution < -0.4 is 10.2 Å². The molecule has 4 heterocycles. The van der Waals surface area contributed by atoms with Crippen molar-refractivity contribution in [3.63, 3.8) is 0 Å². The van der Waals surface area contributed by atoms with Crippen molar-refractivity contribution in [3.05, 3.63) is 123 Å². The van der Waals surface area contributed by atoms with Crippen LogP contribution in [-0.2, 0) is 10.2 Å². The maximum Gasteiger partial charge on any atom is 0.238 e. The number of rotatable bonds is 4. The molecular formula is C31H20ClFN2O3S. The molecular weight excluding hydrogens is 535 g/mol. The largest absolute Gasteiger partial charge is 0.352 e. The average Bonchev–Trinajstić information content (AvgIpc) is 3.65. The second-order valence-electron chi connectivity index (χ2n) is 9.92. The van der Waals surface area contributed by atoms with Gasteiger partial charge in [-0.25, -0.2) is 4.39 Å². The molecule has 5 nitrogen and oxygen atoms in total. The molecule has 3 aromatic carbocycles. The van der Waals surface area contributed by atoms with Crippen molar-refractivity contribution >= 4 is 57.9 Å². The van der Waals surface area contributed by atoms with Crippen molar-refractivity contribution < 1.29 is 18.8 Å². The number of carbonyl (C=O) groups is 3. The van der Waals surface area contributed by atoms with Crippen LogP contribution in [0.4, 0.5) is 15.8 Å². The monoisotopic (exact) mass is 554 g/mol. The molecule has 1 spiro atoms. The summed E-state index contributed by atoms with van der Waals surface area (Å²) in [5.74, 6) is -2.56. The number of amides is 1. The van der Waals surface area contributed by atoms with Crippen molar-refractivity contribution in [2.24, 2.45) is 5.92 Å². The lowest BCUT2D eigenvalue weighted by atomic mass is 9.64. The molecule has 1 N–H and O–H groups in total. The summed E-state index contributed by atoms with van der Waals surface area (Å²) in [5, 5.41) is 5.34. The van der Waals surface area contributed by atoms with E-state index in [4.69, 9.17) is 11.6 Å². The van der Waals surface area contributed by atoms with Gasteiger partial charge in [0.2, 0.25) is 5.91 Å². The van der Waals surface area contributed by atoms with Crippen molar-refractivity contribution in [2.45, 2.75) is 17.5 Å². The van der Waals surface area contributed by atoms with Gasteiger partial charge in [0.25, 0.3) is 0 Å². The van der Waals surface area contributed by atoms with E-state index in [2.05, 4.69) is 5.32 Å². The highest BCUT2D eigenvalue weighted by molar-refractivity contribution is 7.12. The average molecular weight is 555 g/mol. The van der Waals surface area contributed by atoms with E-state index in [9.17, 15) is 18.8 Å². The van der Waals surface area contributed by atoms with Crippen LogP contribution in [0.1, 0.15) is 31.2 Å². The molecule has 1 aromatic heterocycles. The molecule has 192 valence electrons. The number of ketones is 2. The summed E-state index contributed by atoms with van der Waals surface area (Å²) in [6, 6.07) is 19.8. The minimum atomic E-state index is -1.41. The highest BCUT2D eigenvalue weighted by Crippen LogP contribution is 2.58. The molecule has 0 aliphatic carbocycles. The van der Waals surface area contributed by atoms with E-state index in [1.165, 1.54) is 35.6 Å². The van der Waals surface area contributed by atoms with Crippen LogP contribution in [0.15, 0.2) is 90.3 Å². The maximum atomic E-state index is 14.5. The van der Waals surface area contributed by atoms with E-state index in [1.54, 1.807) is 30.3 Å². The second-order valence-corrected chi connectivity index (χ2v) is 11.3. The summed E-state index contributed by atoms with van der Waals surface area (Å²) in [7, 11) is 0. The minimum absolute atomic E-state index is 0.238. The Morgan fingerprint density at radius 1 is 0.974 bits per heavy atom. The fourth-order valence-electron chi connectivity index (χ4n) is 6.51. The van der Waals surface area contributed by atoms with Crippen LogP contribution in [-0.4, -0.2) is 29.6 Å². The first-order chi connectivity index (χ1) is 18.9. The molecule has 4 aromatic rings. The standard InChI is InChI=1S/C31H20ClFN2O3S/c32-19-10-13-23-18(16-19)9-14-25-31(21-4-1-2-5-22(21)34-30(31)38)26(28(36)17-7-11-20(33)12-8-17)27(35(23)25)29(37)24-6-3-15-39-24/h1-16,25-27H,(H,34,38)/t25-,26+,27-,31+/m0/s1. The number of thiophene rings is 1. The van der Waals surface area contributed by atoms with E-state index in [-0.39, 0.29) is 17.3 Å². The number of carbonyl (C=O) groups excluding carboxylic acids is 3. The molecule has 0 unspecified atom stereocenters. The van der Waals surface area contributed by atoms with Gasteiger partial charge in [-0.2, -0.15) is 0 Å². The summed E-state index contributed by atoms with van der Waals surface area (Å²) < 4.78 is 13.9. The Morgan fingerprint density at radius 2 is 1.77 bits per heavy atom. The van der Waals surface area contributed by atoms with Gasteiger partial charge in [-0.15, -0.1) is 11.3 Å². The lowest BCUT2D eigenvalue weighted by Crippen LogP contribution is -2.51. The fraction of sp³-hybridized carbons (Fsp3) is 0.129. The van der Waals surface area contributed by atoms with E-state index >= 15 is 0 Å². The summed E-state index contributed by atoms with van der Waals surface area (Å²) in [6.07, 6.45) is 3.79. The zero-order valence-corrected chi connectivity index (χ0v) is 21.9. The van der Waals surface area contributed by atoms with Crippen molar-refractivity contribution in [1.29, 1.82) is 0 Å². The third-order valence-corrected chi connectivity index (χ3v) is 9.16. The van der Waals surface area contributed by atoms with Gasteiger partial charge in [0.05, 0.1) is 16.8 Å². The number of anilines is 2. The maximum absolute atomic E-state index is 14.5. The predicted molar refractivity (Wildman–Crippen MR) is 150 cm³/mol. The Hall–Kier alpha value is -4.07. The smallest absolute Gasteiger partial charge is 0.238 e. The van der Waals surface area contributed by atoms with Gasteiger partial charge in [0, 0.05) is 22.0 Å². The number of hydrogen-bond acceptors (Lipinski definition) is 5. The summed E-state index contributed by atoms with van der Waals surface area (Å²) >= 11 is 7.61. The van der Waals surface area contributed by atoms with E-state index in [0.29, 0.717) is 26.8 Å². The van der Waals surface area contributed by atoms with Crippen LogP contribution >= 0.6 is 22.9 Å². The molecule has 1 amide bonds.